The molecule has 128 valence electrons. The van der Waals surface area contributed by atoms with Gasteiger partial charge in [-0.15, -0.1) is 0 Å². The highest BCUT2D eigenvalue weighted by molar-refractivity contribution is 8.00. The first kappa shape index (κ1) is 17.5. The van der Waals surface area contributed by atoms with Gasteiger partial charge in [-0.1, -0.05) is 29.5 Å². The van der Waals surface area contributed by atoms with Gasteiger partial charge in [-0.05, 0) is 63.3 Å². The number of carbonyl (C=O) groups is 1. The second-order valence-electron chi connectivity index (χ2n) is 6.48. The summed E-state index contributed by atoms with van der Waals surface area (Å²) in [5.74, 6) is -0.0804. The Morgan fingerprint density at radius 3 is 2.84 bits per heavy atom. The van der Waals surface area contributed by atoms with Crippen molar-refractivity contribution in [3.63, 3.8) is 0 Å². The highest BCUT2D eigenvalue weighted by Crippen LogP contribution is 2.30. The molecule has 0 saturated carbocycles. The summed E-state index contributed by atoms with van der Waals surface area (Å²) in [7, 11) is 0. The molecular weight excluding hydrogens is 330 g/mol. The Hall–Kier alpha value is -2.32. The molecule has 1 amide bonds. The van der Waals surface area contributed by atoms with E-state index in [1.54, 1.807) is 0 Å². The normalized spacial score (nSPS) is 13.8. The Bertz CT molecular complexity index is 870. The molecule has 0 bridgehead atoms. The molecular formula is C20H21N3OS. The monoisotopic (exact) mass is 351 g/mol. The lowest BCUT2D eigenvalue weighted by Gasteiger charge is -2.14. The van der Waals surface area contributed by atoms with Crippen molar-refractivity contribution in [3.8, 4) is 6.07 Å². The molecule has 1 N–H and O–H groups in total. The number of pyridine rings is 1. The second-order valence-corrected chi connectivity index (χ2v) is 7.81. The standard InChI is InChI=1S/C20H21N3OS/c1-12-7-8-17(13(2)9-12)22-19(24)14(3)25-20-16(11-21)10-15-5-4-6-18(15)23-20/h7-10,14H,4-6H2,1-3H3,(H,22,24). The topological polar surface area (TPSA) is 65.8 Å². The maximum absolute atomic E-state index is 12.5. The molecule has 1 aromatic carbocycles. The molecule has 0 aliphatic heterocycles. The minimum absolute atomic E-state index is 0.0804. The van der Waals surface area contributed by atoms with E-state index in [1.807, 2.05) is 45.0 Å². The zero-order valence-electron chi connectivity index (χ0n) is 14.7. The van der Waals surface area contributed by atoms with Gasteiger partial charge in [0.1, 0.15) is 11.1 Å². The van der Waals surface area contributed by atoms with E-state index in [-0.39, 0.29) is 11.2 Å². The van der Waals surface area contributed by atoms with Crippen molar-refractivity contribution >= 4 is 23.4 Å². The number of thioether (sulfide) groups is 1. The molecule has 1 atom stereocenters. The van der Waals surface area contributed by atoms with Crippen molar-refractivity contribution < 1.29 is 4.79 Å². The average Bonchev–Trinajstić information content (AvgIpc) is 3.03. The summed E-state index contributed by atoms with van der Waals surface area (Å²) in [6, 6.07) is 10.1. The van der Waals surface area contributed by atoms with Crippen LogP contribution < -0.4 is 5.32 Å². The van der Waals surface area contributed by atoms with Crippen LogP contribution in [0.1, 0.15) is 41.3 Å². The van der Waals surface area contributed by atoms with Crippen LogP contribution in [0.3, 0.4) is 0 Å². The number of nitrogens with one attached hydrogen (secondary N) is 1. The van der Waals surface area contributed by atoms with Gasteiger partial charge in [0.05, 0.1) is 10.8 Å². The van der Waals surface area contributed by atoms with E-state index >= 15 is 0 Å². The van der Waals surface area contributed by atoms with Gasteiger partial charge >= 0.3 is 0 Å². The maximum atomic E-state index is 12.5. The van der Waals surface area contributed by atoms with Gasteiger partial charge in [0.15, 0.2) is 0 Å². The summed E-state index contributed by atoms with van der Waals surface area (Å²) in [6.07, 6.45) is 3.03. The van der Waals surface area contributed by atoms with Gasteiger partial charge in [-0.2, -0.15) is 5.26 Å². The molecule has 1 unspecified atom stereocenters. The number of rotatable bonds is 4. The second kappa shape index (κ2) is 7.28. The molecule has 3 rings (SSSR count). The summed E-state index contributed by atoms with van der Waals surface area (Å²) < 4.78 is 0. The Morgan fingerprint density at radius 1 is 1.32 bits per heavy atom. The number of hydrogen-bond donors (Lipinski definition) is 1. The van der Waals surface area contributed by atoms with Crippen molar-refractivity contribution in [2.45, 2.75) is 50.3 Å². The first-order chi connectivity index (χ1) is 12.0. The number of carbonyl (C=O) groups excluding carboxylic acids is 1. The van der Waals surface area contributed by atoms with Crippen molar-refractivity contribution in [2.75, 3.05) is 5.32 Å². The van der Waals surface area contributed by atoms with E-state index in [9.17, 15) is 10.1 Å². The summed E-state index contributed by atoms with van der Waals surface area (Å²) in [5.41, 5.74) is 5.84. The summed E-state index contributed by atoms with van der Waals surface area (Å²) >= 11 is 1.35. The fourth-order valence-corrected chi connectivity index (χ4v) is 3.93. The van der Waals surface area contributed by atoms with Crippen LogP contribution in [0.2, 0.25) is 0 Å². The molecule has 0 spiro atoms. The van der Waals surface area contributed by atoms with Crippen LogP contribution in [0.15, 0.2) is 29.3 Å². The number of nitriles is 1. The maximum Gasteiger partial charge on any atom is 0.237 e. The Kier molecular flexibility index (Phi) is 5.10. The summed E-state index contributed by atoms with van der Waals surface area (Å²) in [5, 5.41) is 12.7. The molecule has 4 nitrogen and oxygen atoms in total. The quantitative estimate of drug-likeness (QED) is 0.839. The van der Waals surface area contributed by atoms with Crippen LogP contribution in [-0.2, 0) is 17.6 Å². The third kappa shape index (κ3) is 3.85. The zero-order chi connectivity index (χ0) is 18.0. The third-order valence-electron chi connectivity index (χ3n) is 4.43. The van der Waals surface area contributed by atoms with E-state index in [4.69, 9.17) is 0 Å². The predicted molar refractivity (Wildman–Crippen MR) is 101 cm³/mol. The minimum Gasteiger partial charge on any atom is -0.325 e. The molecule has 0 fully saturated rings. The number of benzene rings is 1. The predicted octanol–water partition coefficient (Wildman–Crippen LogP) is 4.18. The first-order valence-corrected chi connectivity index (χ1v) is 9.33. The molecule has 1 aliphatic carbocycles. The van der Waals surface area contributed by atoms with Gasteiger partial charge in [0.25, 0.3) is 0 Å². The lowest BCUT2D eigenvalue weighted by Crippen LogP contribution is -2.23. The number of amides is 1. The highest BCUT2D eigenvalue weighted by atomic mass is 32.2. The average molecular weight is 351 g/mol. The molecule has 25 heavy (non-hydrogen) atoms. The minimum atomic E-state index is -0.334. The highest BCUT2D eigenvalue weighted by Gasteiger charge is 2.21. The molecule has 1 heterocycles. The largest absolute Gasteiger partial charge is 0.325 e. The number of hydrogen-bond acceptors (Lipinski definition) is 4. The van der Waals surface area contributed by atoms with E-state index in [2.05, 4.69) is 16.4 Å². The van der Waals surface area contributed by atoms with E-state index < -0.39 is 0 Å². The fraction of sp³-hybridized carbons (Fsp3) is 0.350. The Morgan fingerprint density at radius 2 is 2.12 bits per heavy atom. The lowest BCUT2D eigenvalue weighted by atomic mass is 10.1. The van der Waals surface area contributed by atoms with Crippen LogP contribution >= 0.6 is 11.8 Å². The molecule has 0 saturated heterocycles. The van der Waals surface area contributed by atoms with Gasteiger partial charge in [0, 0.05) is 11.4 Å². The van der Waals surface area contributed by atoms with Crippen LogP contribution in [0.4, 0.5) is 5.69 Å². The summed E-state index contributed by atoms with van der Waals surface area (Å²) in [6.45, 7) is 5.86. The Labute approximate surface area is 152 Å². The Balaban J connectivity index is 1.74. The van der Waals surface area contributed by atoms with Gasteiger partial charge in [0.2, 0.25) is 5.91 Å². The number of anilines is 1. The number of fused-ring (bicyclic) bond motifs is 1. The molecule has 5 heteroatoms. The van der Waals surface area contributed by atoms with E-state index in [1.165, 1.54) is 22.9 Å². The fourth-order valence-electron chi connectivity index (χ4n) is 3.03. The van der Waals surface area contributed by atoms with Crippen LogP contribution in [0, 0.1) is 25.2 Å². The third-order valence-corrected chi connectivity index (χ3v) is 5.54. The van der Waals surface area contributed by atoms with Crippen LogP contribution in [-0.4, -0.2) is 16.1 Å². The summed E-state index contributed by atoms with van der Waals surface area (Å²) in [4.78, 5) is 17.2. The van der Waals surface area contributed by atoms with Crippen LogP contribution in [0.25, 0.3) is 0 Å². The van der Waals surface area contributed by atoms with Gasteiger partial charge in [-0.3, -0.25) is 4.79 Å². The zero-order valence-corrected chi connectivity index (χ0v) is 15.5. The van der Waals surface area contributed by atoms with Crippen molar-refractivity contribution in [1.29, 1.82) is 5.26 Å². The molecule has 1 aromatic heterocycles. The van der Waals surface area contributed by atoms with Crippen LogP contribution in [0.5, 0.6) is 0 Å². The van der Waals surface area contributed by atoms with Crippen molar-refractivity contribution in [3.05, 3.63) is 52.2 Å². The van der Waals surface area contributed by atoms with Gasteiger partial charge < -0.3 is 5.32 Å². The SMILES string of the molecule is Cc1ccc(NC(=O)C(C)Sc2nc3c(cc2C#N)CCC3)c(C)c1. The van der Waals surface area contributed by atoms with Crippen molar-refractivity contribution in [2.24, 2.45) is 0 Å². The molecule has 2 aromatic rings. The van der Waals surface area contributed by atoms with Crippen molar-refractivity contribution in [1.82, 2.24) is 4.98 Å². The smallest absolute Gasteiger partial charge is 0.237 e. The van der Waals surface area contributed by atoms with E-state index in [0.717, 1.165) is 36.2 Å². The number of nitrogens with zero attached hydrogens (tertiary/aromatic N) is 2. The first-order valence-electron chi connectivity index (χ1n) is 8.45. The molecule has 0 radical (unpaired) electrons. The number of aromatic nitrogens is 1. The van der Waals surface area contributed by atoms with Gasteiger partial charge in [-0.25, -0.2) is 4.98 Å². The molecule has 1 aliphatic rings. The lowest BCUT2D eigenvalue weighted by molar-refractivity contribution is -0.115. The number of aryl methyl sites for hydroxylation is 4. The van der Waals surface area contributed by atoms with E-state index in [0.29, 0.717) is 10.6 Å².